The Morgan fingerprint density at radius 1 is 1.44 bits per heavy atom. The molecule has 2 rings (SSSR count). The van der Waals surface area contributed by atoms with Crippen LogP contribution in [0, 0.1) is 5.82 Å². The first kappa shape index (κ1) is 12.5. The number of rotatable bonds is 4. The lowest BCUT2D eigenvalue weighted by atomic mass is 10.1. The average Bonchev–Trinajstić information content (AvgIpc) is 2.36. The predicted molar refractivity (Wildman–Crippen MR) is 69.9 cm³/mol. The van der Waals surface area contributed by atoms with E-state index in [2.05, 4.69) is 10.3 Å². The number of hydrogen-bond donors (Lipinski definition) is 1. The third kappa shape index (κ3) is 2.83. The van der Waals surface area contributed by atoms with Gasteiger partial charge in [-0.05, 0) is 24.6 Å². The number of nitrogens with zero attached hydrogens (tertiary/aromatic N) is 1. The van der Waals surface area contributed by atoms with E-state index in [1.54, 1.807) is 18.5 Å². The fraction of sp³-hybridized carbons (Fsp3) is 0.286. The zero-order valence-electron chi connectivity index (χ0n) is 10.2. The Morgan fingerprint density at radius 3 is 3.06 bits per heavy atom. The predicted octanol–water partition coefficient (Wildman–Crippen LogP) is 3.50. The van der Waals surface area contributed by atoms with Gasteiger partial charge in [-0.3, -0.25) is 9.78 Å². The van der Waals surface area contributed by atoms with Crippen molar-refractivity contribution in [3.05, 3.63) is 36.4 Å². The summed E-state index contributed by atoms with van der Waals surface area (Å²) in [7, 11) is 0. The first-order valence-corrected chi connectivity index (χ1v) is 6.04. The molecule has 4 heteroatoms. The van der Waals surface area contributed by atoms with Gasteiger partial charge in [-0.1, -0.05) is 13.3 Å². The number of nitrogens with one attached hydrogen (secondary N) is 1. The van der Waals surface area contributed by atoms with E-state index in [-0.39, 0.29) is 11.7 Å². The van der Waals surface area contributed by atoms with Crippen molar-refractivity contribution < 1.29 is 9.18 Å². The van der Waals surface area contributed by atoms with E-state index in [0.29, 0.717) is 17.5 Å². The Kier molecular flexibility index (Phi) is 3.87. The molecule has 0 fully saturated rings. The Hall–Kier alpha value is -1.97. The zero-order chi connectivity index (χ0) is 13.0. The first-order valence-electron chi connectivity index (χ1n) is 6.04. The molecule has 0 aliphatic carbocycles. The highest BCUT2D eigenvalue weighted by molar-refractivity contribution is 6.01. The van der Waals surface area contributed by atoms with Gasteiger partial charge in [0.15, 0.2) is 0 Å². The van der Waals surface area contributed by atoms with Crippen molar-refractivity contribution in [1.29, 1.82) is 0 Å². The topological polar surface area (TPSA) is 42.0 Å². The highest BCUT2D eigenvalue weighted by Crippen LogP contribution is 2.24. The summed E-state index contributed by atoms with van der Waals surface area (Å²) in [4.78, 5) is 15.6. The molecule has 1 amide bonds. The summed E-state index contributed by atoms with van der Waals surface area (Å²) >= 11 is 0. The molecule has 0 aliphatic rings. The van der Waals surface area contributed by atoms with Crippen molar-refractivity contribution in [2.24, 2.45) is 0 Å². The van der Waals surface area contributed by atoms with Crippen LogP contribution in [0.15, 0.2) is 30.6 Å². The normalized spacial score (nSPS) is 10.6. The lowest BCUT2D eigenvalue weighted by molar-refractivity contribution is -0.116. The molecular formula is C14H15FN2O. The van der Waals surface area contributed by atoms with Crippen molar-refractivity contribution in [3.63, 3.8) is 0 Å². The second-order valence-corrected chi connectivity index (χ2v) is 4.20. The number of halogens is 1. The van der Waals surface area contributed by atoms with Crippen LogP contribution in [-0.4, -0.2) is 10.9 Å². The maximum absolute atomic E-state index is 13.4. The summed E-state index contributed by atoms with van der Waals surface area (Å²) in [5.74, 6) is -0.457. The van der Waals surface area contributed by atoms with E-state index in [1.165, 1.54) is 12.1 Å². The number of hydrogen-bond acceptors (Lipinski definition) is 2. The number of carbonyl (C=O) groups is 1. The fourth-order valence-corrected chi connectivity index (χ4v) is 1.83. The highest BCUT2D eigenvalue weighted by Gasteiger charge is 2.07. The van der Waals surface area contributed by atoms with Crippen LogP contribution in [0.2, 0.25) is 0 Å². The molecule has 3 nitrogen and oxygen atoms in total. The fourth-order valence-electron chi connectivity index (χ4n) is 1.83. The number of unbranched alkanes of at least 4 members (excludes halogenated alkanes) is 1. The summed E-state index contributed by atoms with van der Waals surface area (Å²) in [5.41, 5.74) is 0.508. The monoisotopic (exact) mass is 246 g/mol. The summed E-state index contributed by atoms with van der Waals surface area (Å²) in [6, 6.07) is 4.51. The number of carbonyl (C=O) groups excluding carboxylic acids is 1. The minimum atomic E-state index is -0.374. The van der Waals surface area contributed by atoms with Crippen molar-refractivity contribution in [2.75, 3.05) is 5.32 Å². The quantitative estimate of drug-likeness (QED) is 0.897. The second kappa shape index (κ2) is 5.58. The van der Waals surface area contributed by atoms with Gasteiger partial charge in [-0.2, -0.15) is 0 Å². The van der Waals surface area contributed by atoms with Crippen molar-refractivity contribution in [1.82, 2.24) is 4.98 Å². The molecule has 0 radical (unpaired) electrons. The van der Waals surface area contributed by atoms with E-state index in [0.717, 1.165) is 18.2 Å². The minimum absolute atomic E-state index is 0.0828. The van der Waals surface area contributed by atoms with Crippen molar-refractivity contribution in [3.8, 4) is 0 Å². The standard InChI is InChI=1S/C14H15FN2O/c1-2-3-4-14(18)17-13-8-11(15)7-10-9-16-6-5-12(10)13/h5-9H,2-4H2,1H3,(H,17,18). The Bertz CT molecular complexity index is 569. The average molecular weight is 246 g/mol. The molecule has 0 atom stereocenters. The van der Waals surface area contributed by atoms with Gasteiger partial charge in [-0.25, -0.2) is 4.39 Å². The zero-order valence-corrected chi connectivity index (χ0v) is 10.2. The highest BCUT2D eigenvalue weighted by atomic mass is 19.1. The first-order chi connectivity index (χ1) is 8.70. The van der Waals surface area contributed by atoms with Crippen LogP contribution in [-0.2, 0) is 4.79 Å². The number of aromatic nitrogens is 1. The van der Waals surface area contributed by atoms with Gasteiger partial charge in [0, 0.05) is 29.6 Å². The molecule has 0 spiro atoms. The smallest absolute Gasteiger partial charge is 0.224 e. The lowest BCUT2D eigenvalue weighted by Gasteiger charge is -2.08. The van der Waals surface area contributed by atoms with Crippen molar-refractivity contribution >= 4 is 22.4 Å². The molecule has 18 heavy (non-hydrogen) atoms. The van der Waals surface area contributed by atoms with Gasteiger partial charge in [0.1, 0.15) is 5.82 Å². The molecule has 94 valence electrons. The SMILES string of the molecule is CCCCC(=O)Nc1cc(F)cc2cnccc12. The molecule has 0 bridgehead atoms. The molecule has 0 saturated carbocycles. The van der Waals surface area contributed by atoms with E-state index in [1.807, 2.05) is 6.92 Å². The van der Waals surface area contributed by atoms with Gasteiger partial charge in [0.2, 0.25) is 5.91 Å². The summed E-state index contributed by atoms with van der Waals surface area (Å²) in [6.45, 7) is 2.02. The molecule has 0 unspecified atom stereocenters. The van der Waals surface area contributed by atoms with Crippen LogP contribution in [0.1, 0.15) is 26.2 Å². The van der Waals surface area contributed by atoms with E-state index in [4.69, 9.17) is 0 Å². The van der Waals surface area contributed by atoms with Gasteiger partial charge < -0.3 is 5.32 Å². The van der Waals surface area contributed by atoms with E-state index < -0.39 is 0 Å². The molecule has 0 saturated heterocycles. The number of anilines is 1. The molecule has 1 aromatic heterocycles. The largest absolute Gasteiger partial charge is 0.325 e. The second-order valence-electron chi connectivity index (χ2n) is 4.20. The number of benzene rings is 1. The van der Waals surface area contributed by atoms with Gasteiger partial charge in [-0.15, -0.1) is 0 Å². The van der Waals surface area contributed by atoms with Crippen LogP contribution < -0.4 is 5.32 Å². The number of fused-ring (bicyclic) bond motifs is 1. The third-order valence-corrected chi connectivity index (χ3v) is 2.75. The molecular weight excluding hydrogens is 231 g/mol. The van der Waals surface area contributed by atoms with Crippen LogP contribution in [0.25, 0.3) is 10.8 Å². The number of amides is 1. The van der Waals surface area contributed by atoms with Crippen LogP contribution in [0.3, 0.4) is 0 Å². The molecule has 1 N–H and O–H groups in total. The molecule has 0 aliphatic heterocycles. The van der Waals surface area contributed by atoms with Gasteiger partial charge in [0.05, 0.1) is 5.69 Å². The summed E-state index contributed by atoms with van der Waals surface area (Å²) in [5, 5.41) is 4.24. The molecule has 1 heterocycles. The van der Waals surface area contributed by atoms with Gasteiger partial charge in [0.25, 0.3) is 0 Å². The lowest BCUT2D eigenvalue weighted by Crippen LogP contribution is -2.11. The van der Waals surface area contributed by atoms with E-state index in [9.17, 15) is 9.18 Å². The Balaban J connectivity index is 2.29. The Morgan fingerprint density at radius 2 is 2.28 bits per heavy atom. The van der Waals surface area contributed by atoms with Crippen LogP contribution in [0.4, 0.5) is 10.1 Å². The minimum Gasteiger partial charge on any atom is -0.325 e. The molecule has 2 aromatic rings. The maximum Gasteiger partial charge on any atom is 0.224 e. The van der Waals surface area contributed by atoms with Crippen LogP contribution >= 0.6 is 0 Å². The number of pyridine rings is 1. The third-order valence-electron chi connectivity index (χ3n) is 2.75. The Labute approximate surface area is 105 Å². The maximum atomic E-state index is 13.4. The van der Waals surface area contributed by atoms with E-state index >= 15 is 0 Å². The van der Waals surface area contributed by atoms with Crippen molar-refractivity contribution in [2.45, 2.75) is 26.2 Å². The van der Waals surface area contributed by atoms with Crippen LogP contribution in [0.5, 0.6) is 0 Å². The molecule has 1 aromatic carbocycles. The van der Waals surface area contributed by atoms with Gasteiger partial charge >= 0.3 is 0 Å². The summed E-state index contributed by atoms with van der Waals surface area (Å²) in [6.07, 6.45) is 5.46. The summed E-state index contributed by atoms with van der Waals surface area (Å²) < 4.78 is 13.4.